The van der Waals surface area contributed by atoms with Gasteiger partial charge >= 0.3 is 0 Å². The van der Waals surface area contributed by atoms with Crippen LogP contribution in [0.2, 0.25) is 0 Å². The molecule has 2 aromatic carbocycles. The van der Waals surface area contributed by atoms with Gasteiger partial charge in [0, 0.05) is 30.3 Å². The minimum Gasteiger partial charge on any atom is -0.507 e. The Balaban J connectivity index is 1.73. The molecule has 0 spiro atoms. The second kappa shape index (κ2) is 9.78. The van der Waals surface area contributed by atoms with E-state index >= 15 is 0 Å². The highest BCUT2D eigenvalue weighted by Gasteiger charge is 2.13. The zero-order valence-electron chi connectivity index (χ0n) is 16.4. The van der Waals surface area contributed by atoms with Crippen LogP contribution in [-0.4, -0.2) is 24.2 Å². The zero-order chi connectivity index (χ0) is 20.6. The predicted molar refractivity (Wildman–Crippen MR) is 112 cm³/mol. The molecule has 0 radical (unpaired) electrons. The summed E-state index contributed by atoms with van der Waals surface area (Å²) in [5.74, 6) is 0.167. The summed E-state index contributed by atoms with van der Waals surface area (Å²) in [6.07, 6.45) is 4.31. The van der Waals surface area contributed by atoms with Crippen LogP contribution >= 0.6 is 0 Å². The van der Waals surface area contributed by atoms with E-state index < -0.39 is 0 Å². The van der Waals surface area contributed by atoms with Crippen LogP contribution in [-0.2, 0) is 4.79 Å². The number of fused-ring (bicyclic) bond motifs is 1. The van der Waals surface area contributed by atoms with Crippen molar-refractivity contribution in [2.75, 3.05) is 13.2 Å². The third kappa shape index (κ3) is 5.38. The van der Waals surface area contributed by atoms with Crippen LogP contribution in [0.15, 0.2) is 57.7 Å². The van der Waals surface area contributed by atoms with Gasteiger partial charge in [-0.3, -0.25) is 9.59 Å². The molecule has 0 fully saturated rings. The minimum atomic E-state index is -0.348. The lowest BCUT2D eigenvalue weighted by molar-refractivity contribution is -0.123. The predicted octanol–water partition coefficient (Wildman–Crippen LogP) is 4.24. The van der Waals surface area contributed by atoms with Crippen molar-refractivity contribution in [3.05, 3.63) is 58.8 Å². The van der Waals surface area contributed by atoms with Gasteiger partial charge in [-0.2, -0.15) is 0 Å². The van der Waals surface area contributed by atoms with E-state index in [1.54, 1.807) is 0 Å². The van der Waals surface area contributed by atoms with E-state index in [0.29, 0.717) is 12.3 Å². The highest BCUT2D eigenvalue weighted by molar-refractivity contribution is 5.86. The summed E-state index contributed by atoms with van der Waals surface area (Å²) >= 11 is 0. The van der Waals surface area contributed by atoms with Crippen molar-refractivity contribution in [1.29, 1.82) is 0 Å². The fraction of sp³-hybridized carbons (Fsp3) is 0.304. The number of nitrogens with one attached hydrogen (secondary N) is 1. The molecular formula is C23H25NO5. The van der Waals surface area contributed by atoms with Gasteiger partial charge in [0.25, 0.3) is 5.91 Å². The second-order valence-electron chi connectivity index (χ2n) is 6.86. The Kier molecular flexibility index (Phi) is 6.89. The number of ether oxygens (including phenoxy) is 1. The third-order valence-electron chi connectivity index (χ3n) is 4.56. The summed E-state index contributed by atoms with van der Waals surface area (Å²) in [6, 6.07) is 13.4. The molecule has 0 atom stereocenters. The molecule has 2 N–H and O–H groups in total. The fourth-order valence-corrected chi connectivity index (χ4v) is 3.05. The number of benzene rings is 2. The maximum atomic E-state index is 12.4. The Bertz CT molecular complexity index is 1030. The number of carbonyl (C=O) groups is 1. The number of carbonyl (C=O) groups excluding carboxylic acids is 1. The smallest absolute Gasteiger partial charge is 0.257 e. The van der Waals surface area contributed by atoms with E-state index in [1.807, 2.05) is 30.3 Å². The molecule has 1 aromatic heterocycles. The zero-order valence-corrected chi connectivity index (χ0v) is 16.4. The van der Waals surface area contributed by atoms with Gasteiger partial charge in [-0.15, -0.1) is 0 Å². The van der Waals surface area contributed by atoms with Crippen molar-refractivity contribution < 1.29 is 19.1 Å². The number of amides is 1. The number of hydrogen-bond acceptors (Lipinski definition) is 5. The van der Waals surface area contributed by atoms with Crippen LogP contribution in [0.25, 0.3) is 22.3 Å². The molecule has 0 saturated carbocycles. The Hall–Kier alpha value is -3.28. The molecule has 3 aromatic rings. The van der Waals surface area contributed by atoms with Crippen molar-refractivity contribution in [3.63, 3.8) is 0 Å². The van der Waals surface area contributed by atoms with Crippen LogP contribution < -0.4 is 15.5 Å². The molecule has 0 aliphatic rings. The fourth-order valence-electron chi connectivity index (χ4n) is 3.05. The normalized spacial score (nSPS) is 10.8. The van der Waals surface area contributed by atoms with Gasteiger partial charge in [-0.25, -0.2) is 0 Å². The molecule has 0 bridgehead atoms. The number of unbranched alkanes of at least 4 members (excludes halogenated alkanes) is 3. The van der Waals surface area contributed by atoms with Crippen molar-refractivity contribution in [2.45, 2.75) is 32.6 Å². The summed E-state index contributed by atoms with van der Waals surface area (Å²) in [5.41, 5.74) is 0.602. The molecule has 29 heavy (non-hydrogen) atoms. The van der Waals surface area contributed by atoms with E-state index in [4.69, 9.17) is 9.15 Å². The Morgan fingerprint density at radius 1 is 1.10 bits per heavy atom. The first-order valence-corrected chi connectivity index (χ1v) is 9.84. The lowest BCUT2D eigenvalue weighted by Crippen LogP contribution is -2.29. The average Bonchev–Trinajstić information content (AvgIpc) is 2.72. The largest absolute Gasteiger partial charge is 0.507 e. The van der Waals surface area contributed by atoms with Gasteiger partial charge in [-0.1, -0.05) is 56.5 Å². The van der Waals surface area contributed by atoms with Crippen LogP contribution in [0.4, 0.5) is 0 Å². The van der Waals surface area contributed by atoms with Crippen LogP contribution in [0.1, 0.15) is 32.6 Å². The highest BCUT2D eigenvalue weighted by Crippen LogP contribution is 2.31. The average molecular weight is 395 g/mol. The summed E-state index contributed by atoms with van der Waals surface area (Å²) in [5, 5.41) is 13.1. The van der Waals surface area contributed by atoms with E-state index in [2.05, 4.69) is 12.2 Å². The van der Waals surface area contributed by atoms with Gasteiger partial charge in [0.1, 0.15) is 28.2 Å². The topological polar surface area (TPSA) is 88.8 Å². The number of phenolic OH excluding ortho intramolecular Hbond substituents is 1. The molecule has 1 heterocycles. The maximum Gasteiger partial charge on any atom is 0.257 e. The van der Waals surface area contributed by atoms with Gasteiger partial charge in [0.05, 0.1) is 0 Å². The number of aromatic hydroxyl groups is 1. The Labute approximate surface area is 169 Å². The van der Waals surface area contributed by atoms with Gasteiger partial charge < -0.3 is 19.6 Å². The van der Waals surface area contributed by atoms with Gasteiger partial charge in [-0.05, 0) is 6.42 Å². The lowest BCUT2D eigenvalue weighted by atomic mass is 10.1. The second-order valence-corrected chi connectivity index (χ2v) is 6.86. The summed E-state index contributed by atoms with van der Waals surface area (Å²) < 4.78 is 11.3. The molecule has 6 heteroatoms. The van der Waals surface area contributed by atoms with Crippen LogP contribution in [0.5, 0.6) is 11.5 Å². The lowest BCUT2D eigenvalue weighted by Gasteiger charge is -2.10. The van der Waals surface area contributed by atoms with E-state index in [-0.39, 0.29) is 40.4 Å². The van der Waals surface area contributed by atoms with Gasteiger partial charge in [0.15, 0.2) is 12.0 Å². The Morgan fingerprint density at radius 3 is 2.66 bits per heavy atom. The summed E-state index contributed by atoms with van der Waals surface area (Å²) in [6.45, 7) is 2.57. The molecule has 0 saturated heterocycles. The van der Waals surface area contributed by atoms with Crippen molar-refractivity contribution in [2.24, 2.45) is 0 Å². The van der Waals surface area contributed by atoms with Crippen LogP contribution in [0, 0.1) is 0 Å². The minimum absolute atomic E-state index is 0.0809. The molecular weight excluding hydrogens is 370 g/mol. The van der Waals surface area contributed by atoms with Gasteiger partial charge in [0.2, 0.25) is 0 Å². The van der Waals surface area contributed by atoms with E-state index in [1.165, 1.54) is 18.2 Å². The first-order chi connectivity index (χ1) is 14.1. The SMILES string of the molecule is CCCCCCNC(=O)COc1cc(O)c2c(=O)cc(-c3ccccc3)oc2c1. The molecule has 0 unspecified atom stereocenters. The molecule has 0 aliphatic carbocycles. The highest BCUT2D eigenvalue weighted by atomic mass is 16.5. The molecule has 6 nitrogen and oxygen atoms in total. The Morgan fingerprint density at radius 2 is 1.90 bits per heavy atom. The monoisotopic (exact) mass is 395 g/mol. The third-order valence-corrected chi connectivity index (χ3v) is 4.56. The summed E-state index contributed by atoms with van der Waals surface area (Å²) in [4.78, 5) is 24.4. The van der Waals surface area contributed by atoms with E-state index in [9.17, 15) is 14.7 Å². The van der Waals surface area contributed by atoms with Crippen molar-refractivity contribution >= 4 is 16.9 Å². The number of phenols is 1. The van der Waals surface area contributed by atoms with Crippen molar-refractivity contribution in [3.8, 4) is 22.8 Å². The maximum absolute atomic E-state index is 12.4. The molecule has 152 valence electrons. The van der Waals surface area contributed by atoms with Crippen molar-refractivity contribution in [1.82, 2.24) is 5.32 Å². The quantitative estimate of drug-likeness (QED) is 0.529. The molecule has 0 aliphatic heterocycles. The van der Waals surface area contributed by atoms with Crippen LogP contribution in [0.3, 0.4) is 0 Å². The first kappa shape index (κ1) is 20.5. The van der Waals surface area contributed by atoms with E-state index in [0.717, 1.165) is 31.2 Å². The number of hydrogen-bond donors (Lipinski definition) is 2. The number of rotatable bonds is 9. The summed E-state index contributed by atoms with van der Waals surface area (Å²) in [7, 11) is 0. The molecule has 1 amide bonds. The molecule has 3 rings (SSSR count). The standard InChI is InChI=1S/C23H25NO5/c1-2-3-4-8-11-24-22(27)15-28-17-12-18(25)23-19(26)14-20(29-21(23)13-17)16-9-6-5-7-10-16/h5-7,9-10,12-14,25H,2-4,8,11,15H2,1H3,(H,24,27). The first-order valence-electron chi connectivity index (χ1n) is 9.84.